The Labute approximate surface area is 125 Å². The van der Waals surface area contributed by atoms with Gasteiger partial charge in [0.05, 0.1) is 12.1 Å². The highest BCUT2D eigenvalue weighted by Gasteiger charge is 2.06. The monoisotopic (exact) mass is 289 g/mol. The van der Waals surface area contributed by atoms with Gasteiger partial charge in [-0.2, -0.15) is 0 Å². The van der Waals surface area contributed by atoms with E-state index in [0.717, 1.165) is 12.1 Å². The van der Waals surface area contributed by atoms with Gasteiger partial charge in [0, 0.05) is 12.2 Å². The Morgan fingerprint density at radius 3 is 2.55 bits per heavy atom. The molecule has 0 atom stereocenters. The lowest BCUT2D eigenvalue weighted by atomic mass is 10.0. The second-order valence-corrected chi connectivity index (χ2v) is 5.47. The van der Waals surface area contributed by atoms with Crippen molar-refractivity contribution >= 4 is 17.3 Å². The molecule has 0 radical (unpaired) electrons. The molecule has 0 aromatic heterocycles. The average molecular weight is 290 g/mol. The maximum atomic E-state index is 6.14. The molecule has 0 unspecified atom stereocenters. The molecule has 0 spiro atoms. The zero-order chi connectivity index (χ0) is 14.5. The van der Waals surface area contributed by atoms with E-state index in [1.165, 1.54) is 11.3 Å². The van der Waals surface area contributed by atoms with E-state index < -0.39 is 0 Å². The summed E-state index contributed by atoms with van der Waals surface area (Å²) in [4.78, 5) is 0. The Bertz CT molecular complexity index is 581. The number of nitrogens with one attached hydrogen (secondary N) is 1. The van der Waals surface area contributed by atoms with Crippen molar-refractivity contribution in [1.29, 1.82) is 0 Å². The molecule has 0 heterocycles. The van der Waals surface area contributed by atoms with Crippen molar-refractivity contribution in [2.24, 2.45) is 0 Å². The fourth-order valence-electron chi connectivity index (χ4n) is 2.18. The normalized spacial score (nSPS) is 10.7. The summed E-state index contributed by atoms with van der Waals surface area (Å²) in [5.74, 6) is 1.20. The minimum absolute atomic E-state index is 0.498. The Morgan fingerprint density at radius 1 is 1.15 bits per heavy atom. The summed E-state index contributed by atoms with van der Waals surface area (Å²) in [5.41, 5.74) is 3.64. The Balaban J connectivity index is 2.11. The number of anilines is 1. The summed E-state index contributed by atoms with van der Waals surface area (Å²) in [6, 6.07) is 14.3. The van der Waals surface area contributed by atoms with E-state index in [4.69, 9.17) is 16.3 Å². The Hall–Kier alpha value is -1.67. The fourth-order valence-corrected chi connectivity index (χ4v) is 2.46. The largest absolute Gasteiger partial charge is 0.495 e. The molecule has 0 bridgehead atoms. The van der Waals surface area contributed by atoms with Gasteiger partial charge in [-0.05, 0) is 35.2 Å². The minimum Gasteiger partial charge on any atom is -0.495 e. The summed E-state index contributed by atoms with van der Waals surface area (Å²) in [7, 11) is 1.62. The van der Waals surface area contributed by atoms with E-state index in [1.807, 2.05) is 18.2 Å². The minimum atomic E-state index is 0.498. The van der Waals surface area contributed by atoms with Gasteiger partial charge in [0.15, 0.2) is 0 Å². The number of halogens is 1. The Kier molecular flexibility index (Phi) is 4.91. The molecule has 106 valence electrons. The van der Waals surface area contributed by atoms with E-state index in [1.54, 1.807) is 7.11 Å². The highest BCUT2D eigenvalue weighted by Crippen LogP contribution is 2.27. The van der Waals surface area contributed by atoms with Gasteiger partial charge in [0.1, 0.15) is 5.75 Å². The predicted molar refractivity (Wildman–Crippen MR) is 85.9 cm³/mol. The van der Waals surface area contributed by atoms with Crippen LogP contribution in [0.25, 0.3) is 0 Å². The SMILES string of the molecule is COc1ccc(CNc2ccccc2C(C)C)cc1Cl. The van der Waals surface area contributed by atoms with Crippen LogP contribution in [0.2, 0.25) is 5.02 Å². The van der Waals surface area contributed by atoms with Crippen LogP contribution in [-0.4, -0.2) is 7.11 Å². The van der Waals surface area contributed by atoms with Gasteiger partial charge in [-0.15, -0.1) is 0 Å². The molecule has 2 rings (SSSR count). The van der Waals surface area contributed by atoms with Crippen LogP contribution >= 0.6 is 11.6 Å². The van der Waals surface area contributed by atoms with E-state index in [2.05, 4.69) is 43.4 Å². The van der Waals surface area contributed by atoms with Crippen molar-refractivity contribution in [2.75, 3.05) is 12.4 Å². The van der Waals surface area contributed by atoms with E-state index in [0.29, 0.717) is 16.7 Å². The molecule has 0 aliphatic heterocycles. The molecule has 20 heavy (non-hydrogen) atoms. The molecule has 0 aliphatic carbocycles. The molecule has 3 heteroatoms. The van der Waals surface area contributed by atoms with Crippen molar-refractivity contribution in [3.63, 3.8) is 0 Å². The van der Waals surface area contributed by atoms with E-state index in [-0.39, 0.29) is 0 Å². The van der Waals surface area contributed by atoms with Crippen molar-refractivity contribution in [1.82, 2.24) is 0 Å². The average Bonchev–Trinajstić information content (AvgIpc) is 2.45. The van der Waals surface area contributed by atoms with Gasteiger partial charge in [-0.25, -0.2) is 0 Å². The number of hydrogen-bond donors (Lipinski definition) is 1. The van der Waals surface area contributed by atoms with Gasteiger partial charge < -0.3 is 10.1 Å². The molecule has 0 amide bonds. The second kappa shape index (κ2) is 6.67. The summed E-state index contributed by atoms with van der Waals surface area (Å²) in [6.07, 6.45) is 0. The van der Waals surface area contributed by atoms with E-state index >= 15 is 0 Å². The lowest BCUT2D eigenvalue weighted by Crippen LogP contribution is -2.03. The Morgan fingerprint density at radius 2 is 1.90 bits per heavy atom. The van der Waals surface area contributed by atoms with Crippen LogP contribution < -0.4 is 10.1 Å². The quantitative estimate of drug-likeness (QED) is 0.828. The molecule has 0 saturated heterocycles. The highest BCUT2D eigenvalue weighted by molar-refractivity contribution is 6.32. The van der Waals surface area contributed by atoms with Crippen LogP contribution in [0.15, 0.2) is 42.5 Å². The predicted octanol–water partition coefficient (Wildman–Crippen LogP) is 5.08. The van der Waals surface area contributed by atoms with Gasteiger partial charge in [-0.3, -0.25) is 0 Å². The molecule has 0 aliphatic rings. The molecular formula is C17H20ClNO. The number of ether oxygens (including phenoxy) is 1. The van der Waals surface area contributed by atoms with E-state index in [9.17, 15) is 0 Å². The van der Waals surface area contributed by atoms with Crippen molar-refractivity contribution < 1.29 is 4.74 Å². The number of rotatable bonds is 5. The highest BCUT2D eigenvalue weighted by atomic mass is 35.5. The molecule has 2 aromatic carbocycles. The van der Waals surface area contributed by atoms with Crippen LogP contribution in [0.4, 0.5) is 5.69 Å². The molecule has 0 fully saturated rings. The van der Waals surface area contributed by atoms with Gasteiger partial charge >= 0.3 is 0 Å². The molecule has 2 nitrogen and oxygen atoms in total. The number of methoxy groups -OCH3 is 1. The van der Waals surface area contributed by atoms with Crippen LogP contribution in [0, 0.1) is 0 Å². The third-order valence-electron chi connectivity index (χ3n) is 3.28. The topological polar surface area (TPSA) is 21.3 Å². The molecular weight excluding hydrogens is 270 g/mol. The zero-order valence-electron chi connectivity index (χ0n) is 12.1. The first-order chi connectivity index (χ1) is 9.61. The third-order valence-corrected chi connectivity index (χ3v) is 3.58. The van der Waals surface area contributed by atoms with Crippen molar-refractivity contribution in [2.45, 2.75) is 26.3 Å². The first kappa shape index (κ1) is 14.7. The standard InChI is InChI=1S/C17H20ClNO/c1-12(2)14-6-4-5-7-16(14)19-11-13-8-9-17(20-3)15(18)10-13/h4-10,12,19H,11H2,1-3H3. The smallest absolute Gasteiger partial charge is 0.137 e. The van der Waals surface area contributed by atoms with Crippen LogP contribution in [0.3, 0.4) is 0 Å². The first-order valence-corrected chi connectivity index (χ1v) is 7.15. The number of para-hydroxylation sites is 1. The second-order valence-electron chi connectivity index (χ2n) is 5.06. The van der Waals surface area contributed by atoms with Crippen LogP contribution in [0.1, 0.15) is 30.9 Å². The van der Waals surface area contributed by atoms with Crippen LogP contribution in [-0.2, 0) is 6.54 Å². The number of benzene rings is 2. The maximum absolute atomic E-state index is 6.14. The van der Waals surface area contributed by atoms with Gasteiger partial charge in [-0.1, -0.05) is 49.7 Å². The summed E-state index contributed by atoms with van der Waals surface area (Å²) in [5, 5.41) is 4.12. The molecule has 0 saturated carbocycles. The lowest BCUT2D eigenvalue weighted by Gasteiger charge is -2.15. The molecule has 1 N–H and O–H groups in total. The number of hydrogen-bond acceptors (Lipinski definition) is 2. The van der Waals surface area contributed by atoms with Gasteiger partial charge in [0.25, 0.3) is 0 Å². The van der Waals surface area contributed by atoms with Crippen molar-refractivity contribution in [3.05, 3.63) is 58.6 Å². The van der Waals surface area contributed by atoms with Crippen LogP contribution in [0.5, 0.6) is 5.75 Å². The fraction of sp³-hybridized carbons (Fsp3) is 0.294. The summed E-state index contributed by atoms with van der Waals surface area (Å²) >= 11 is 6.14. The zero-order valence-corrected chi connectivity index (χ0v) is 12.9. The maximum Gasteiger partial charge on any atom is 0.137 e. The third kappa shape index (κ3) is 3.45. The summed E-state index contributed by atoms with van der Waals surface area (Å²) < 4.78 is 5.16. The molecule has 2 aromatic rings. The first-order valence-electron chi connectivity index (χ1n) is 6.77. The lowest BCUT2D eigenvalue weighted by molar-refractivity contribution is 0.415. The van der Waals surface area contributed by atoms with Gasteiger partial charge in [0.2, 0.25) is 0 Å². The summed E-state index contributed by atoms with van der Waals surface area (Å²) in [6.45, 7) is 5.14. The van der Waals surface area contributed by atoms with Crippen molar-refractivity contribution in [3.8, 4) is 5.75 Å².